The first-order valence-electron chi connectivity index (χ1n) is 8.50. The molecule has 1 unspecified atom stereocenters. The average molecular weight is 466 g/mol. The molecule has 1 saturated heterocycles. The molecule has 0 amide bonds. The average Bonchev–Trinajstić information content (AvgIpc) is 2.98. The predicted molar refractivity (Wildman–Crippen MR) is 116 cm³/mol. The molecule has 0 aliphatic carbocycles. The molecule has 2 rings (SSSR count). The minimum absolute atomic E-state index is 0. The summed E-state index contributed by atoms with van der Waals surface area (Å²) in [5.74, 6) is 2.12. The van der Waals surface area contributed by atoms with Crippen LogP contribution in [0.2, 0.25) is 0 Å². The van der Waals surface area contributed by atoms with Crippen LogP contribution in [0.3, 0.4) is 0 Å². The van der Waals surface area contributed by atoms with Crippen LogP contribution >= 0.6 is 35.7 Å². The molecule has 0 aromatic carbocycles. The Morgan fingerprint density at radius 3 is 3.00 bits per heavy atom. The van der Waals surface area contributed by atoms with E-state index in [2.05, 4.69) is 40.0 Å². The highest BCUT2D eigenvalue weighted by atomic mass is 127. The lowest BCUT2D eigenvalue weighted by Crippen LogP contribution is -2.51. The quantitative estimate of drug-likeness (QED) is 0.280. The number of hydrogen-bond donors (Lipinski definition) is 2. The number of anilines is 1. The second-order valence-electron chi connectivity index (χ2n) is 5.91. The maximum atomic E-state index is 4.69. The Bertz CT molecular complexity index is 493. The van der Waals surface area contributed by atoms with E-state index in [1.54, 1.807) is 0 Å². The first-order valence-corrected chi connectivity index (χ1v) is 9.89. The largest absolute Gasteiger partial charge is 0.367 e. The number of guanidine groups is 1. The van der Waals surface area contributed by atoms with Crippen molar-refractivity contribution in [2.24, 2.45) is 12.0 Å². The molecule has 24 heavy (non-hydrogen) atoms. The Morgan fingerprint density at radius 2 is 2.33 bits per heavy atom. The number of aryl methyl sites for hydroxylation is 1. The molecule has 6 nitrogen and oxygen atoms in total. The van der Waals surface area contributed by atoms with Crippen LogP contribution in [-0.4, -0.2) is 60.0 Å². The third-order valence-electron chi connectivity index (χ3n) is 3.94. The van der Waals surface area contributed by atoms with Gasteiger partial charge >= 0.3 is 0 Å². The Hall–Kier alpha value is -0.640. The van der Waals surface area contributed by atoms with Crippen LogP contribution in [0.5, 0.6) is 0 Å². The van der Waals surface area contributed by atoms with E-state index in [4.69, 9.17) is 4.99 Å². The van der Waals surface area contributed by atoms with Gasteiger partial charge in [0.05, 0.1) is 11.9 Å². The summed E-state index contributed by atoms with van der Waals surface area (Å²) in [6, 6.07) is 0.433. The van der Waals surface area contributed by atoms with Gasteiger partial charge in [-0.3, -0.25) is 9.67 Å². The van der Waals surface area contributed by atoms with Crippen LogP contribution in [0.1, 0.15) is 26.2 Å². The molecule has 0 spiro atoms. The molecule has 138 valence electrons. The molecule has 2 N–H and O–H groups in total. The summed E-state index contributed by atoms with van der Waals surface area (Å²) in [6.45, 7) is 6.00. The third-order valence-corrected chi connectivity index (χ3v) is 4.64. The summed E-state index contributed by atoms with van der Waals surface area (Å²) in [4.78, 5) is 7.10. The van der Waals surface area contributed by atoms with Crippen LogP contribution in [-0.2, 0) is 7.05 Å². The van der Waals surface area contributed by atoms with Gasteiger partial charge < -0.3 is 15.5 Å². The van der Waals surface area contributed by atoms with E-state index in [9.17, 15) is 0 Å². The molecule has 1 atom stereocenters. The number of hydrogen-bond acceptors (Lipinski definition) is 4. The maximum absolute atomic E-state index is 4.69. The fourth-order valence-electron chi connectivity index (χ4n) is 2.81. The number of nitrogens with one attached hydrogen (secondary N) is 2. The molecular formula is C16H31IN6S. The molecule has 1 fully saturated rings. The first kappa shape index (κ1) is 21.4. The molecule has 0 bridgehead atoms. The van der Waals surface area contributed by atoms with E-state index in [1.165, 1.54) is 24.3 Å². The van der Waals surface area contributed by atoms with Crippen molar-refractivity contribution in [1.29, 1.82) is 0 Å². The van der Waals surface area contributed by atoms with Gasteiger partial charge in [0.1, 0.15) is 0 Å². The van der Waals surface area contributed by atoms with Gasteiger partial charge in [0, 0.05) is 45.5 Å². The van der Waals surface area contributed by atoms with Crippen molar-refractivity contribution in [2.75, 3.05) is 43.1 Å². The minimum atomic E-state index is 0. The molecular weight excluding hydrogens is 435 g/mol. The molecule has 1 aliphatic rings. The van der Waals surface area contributed by atoms with E-state index >= 15 is 0 Å². The normalized spacial score (nSPS) is 18.2. The van der Waals surface area contributed by atoms with Crippen LogP contribution in [0.15, 0.2) is 17.4 Å². The maximum Gasteiger partial charge on any atom is 0.191 e. The molecule has 1 aliphatic heterocycles. The van der Waals surface area contributed by atoms with Gasteiger partial charge in [-0.1, -0.05) is 0 Å². The fraction of sp³-hybridized carbons (Fsp3) is 0.750. The standard InChI is InChI=1S/C16H30N6S.HI/c1-4-17-16(18-8-6-10-23-3)20-14-7-5-9-22(12-14)15-11-19-21(2)13-15;/h11,13-14H,4-10,12H2,1-3H3,(H2,17,18,20);1H. The third kappa shape index (κ3) is 7.08. The first-order chi connectivity index (χ1) is 11.2. The Labute approximate surface area is 167 Å². The summed E-state index contributed by atoms with van der Waals surface area (Å²) in [5, 5.41) is 11.2. The Balaban J connectivity index is 0.00000288. The lowest BCUT2D eigenvalue weighted by molar-refractivity contribution is 0.468. The summed E-state index contributed by atoms with van der Waals surface area (Å²) in [6.07, 6.45) is 9.69. The second kappa shape index (κ2) is 11.8. The zero-order chi connectivity index (χ0) is 16.5. The number of piperidine rings is 1. The lowest BCUT2D eigenvalue weighted by atomic mass is 10.1. The summed E-state index contributed by atoms with van der Waals surface area (Å²) < 4.78 is 1.86. The SMILES string of the molecule is CCNC(=NCCCSC)NC1CCCN(c2cnn(C)c2)C1.I. The highest BCUT2D eigenvalue weighted by molar-refractivity contribution is 14.0. The van der Waals surface area contributed by atoms with Gasteiger partial charge in [-0.2, -0.15) is 16.9 Å². The van der Waals surface area contributed by atoms with Crippen LogP contribution in [0.25, 0.3) is 0 Å². The van der Waals surface area contributed by atoms with Crippen LogP contribution < -0.4 is 15.5 Å². The number of thioether (sulfide) groups is 1. The van der Waals surface area contributed by atoms with Gasteiger partial charge in [-0.25, -0.2) is 0 Å². The van der Waals surface area contributed by atoms with Gasteiger partial charge in [0.15, 0.2) is 5.96 Å². The highest BCUT2D eigenvalue weighted by Crippen LogP contribution is 2.18. The molecule has 1 aromatic heterocycles. The topological polar surface area (TPSA) is 57.5 Å². The van der Waals surface area contributed by atoms with Gasteiger partial charge in [-0.15, -0.1) is 24.0 Å². The molecule has 2 heterocycles. The van der Waals surface area contributed by atoms with Gasteiger partial charge in [0.2, 0.25) is 0 Å². The van der Waals surface area contributed by atoms with Crippen molar-refractivity contribution < 1.29 is 0 Å². The van der Waals surface area contributed by atoms with E-state index < -0.39 is 0 Å². The number of halogens is 1. The van der Waals surface area contributed by atoms with Gasteiger partial charge in [0.25, 0.3) is 0 Å². The smallest absolute Gasteiger partial charge is 0.191 e. The summed E-state index contributed by atoms with van der Waals surface area (Å²) in [5.41, 5.74) is 1.21. The second-order valence-corrected chi connectivity index (χ2v) is 6.89. The van der Waals surface area contributed by atoms with Crippen molar-refractivity contribution in [2.45, 2.75) is 32.2 Å². The monoisotopic (exact) mass is 466 g/mol. The Kier molecular flexibility index (Phi) is 10.6. The van der Waals surface area contributed by atoms with Crippen molar-refractivity contribution >= 4 is 47.4 Å². The van der Waals surface area contributed by atoms with Crippen molar-refractivity contribution in [3.8, 4) is 0 Å². The molecule has 8 heteroatoms. The van der Waals surface area contributed by atoms with Crippen LogP contribution in [0.4, 0.5) is 5.69 Å². The van der Waals surface area contributed by atoms with E-state index in [-0.39, 0.29) is 24.0 Å². The lowest BCUT2D eigenvalue weighted by Gasteiger charge is -2.34. The summed E-state index contributed by atoms with van der Waals surface area (Å²) in [7, 11) is 1.97. The highest BCUT2D eigenvalue weighted by Gasteiger charge is 2.21. The Morgan fingerprint density at radius 1 is 1.50 bits per heavy atom. The summed E-state index contributed by atoms with van der Waals surface area (Å²) >= 11 is 1.88. The molecule has 1 aromatic rings. The van der Waals surface area contributed by atoms with E-state index in [0.29, 0.717) is 6.04 Å². The van der Waals surface area contributed by atoms with E-state index in [1.807, 2.05) is 29.7 Å². The fourth-order valence-corrected chi connectivity index (χ4v) is 3.23. The van der Waals surface area contributed by atoms with Crippen molar-refractivity contribution in [1.82, 2.24) is 20.4 Å². The minimum Gasteiger partial charge on any atom is -0.367 e. The zero-order valence-corrected chi connectivity index (χ0v) is 18.1. The van der Waals surface area contributed by atoms with Gasteiger partial charge in [-0.05, 0) is 38.2 Å². The number of rotatable bonds is 7. The van der Waals surface area contributed by atoms with Crippen molar-refractivity contribution in [3.05, 3.63) is 12.4 Å². The predicted octanol–water partition coefficient (Wildman–Crippen LogP) is 2.32. The number of aromatic nitrogens is 2. The molecule has 0 saturated carbocycles. The number of aliphatic imine (C=N–C) groups is 1. The molecule has 0 radical (unpaired) electrons. The van der Waals surface area contributed by atoms with Crippen molar-refractivity contribution in [3.63, 3.8) is 0 Å². The zero-order valence-electron chi connectivity index (χ0n) is 15.0. The van der Waals surface area contributed by atoms with E-state index in [0.717, 1.165) is 38.6 Å². The van der Waals surface area contributed by atoms with Crippen LogP contribution in [0, 0.1) is 0 Å². The number of nitrogens with zero attached hydrogens (tertiary/aromatic N) is 4.